The van der Waals surface area contributed by atoms with E-state index in [1.54, 1.807) is 6.07 Å². The zero-order valence-corrected chi connectivity index (χ0v) is 6.77. The molecule has 2 N–H and O–H groups in total. The smallest absolute Gasteiger partial charge is 0.280 e. The predicted octanol–water partition coefficient (Wildman–Crippen LogP) is 0.736. The molecule has 0 aliphatic carbocycles. The number of carbonyl (C=O) groups excluding carboxylic acids is 1. The topological polar surface area (TPSA) is 86.2 Å². The molecule has 0 fully saturated rings. The van der Waals surface area contributed by atoms with Crippen molar-refractivity contribution in [1.82, 2.24) is 0 Å². The summed E-state index contributed by atoms with van der Waals surface area (Å²) < 4.78 is 0. The SMILES string of the molecule is NCC(=O)c1ccccc1[N+](=O)[O-]. The van der Waals surface area contributed by atoms with Gasteiger partial charge in [0, 0.05) is 6.07 Å². The fourth-order valence-electron chi connectivity index (χ4n) is 0.979. The summed E-state index contributed by atoms with van der Waals surface area (Å²) in [7, 11) is 0. The van der Waals surface area contributed by atoms with E-state index in [1.165, 1.54) is 18.2 Å². The average molecular weight is 180 g/mol. The Morgan fingerprint density at radius 1 is 1.46 bits per heavy atom. The van der Waals surface area contributed by atoms with Gasteiger partial charge in [-0.15, -0.1) is 0 Å². The number of hydrogen-bond donors (Lipinski definition) is 1. The van der Waals surface area contributed by atoms with Crippen LogP contribution in [0.1, 0.15) is 10.4 Å². The number of nitro groups is 1. The summed E-state index contributed by atoms with van der Waals surface area (Å²) in [6.07, 6.45) is 0. The number of hydrogen-bond acceptors (Lipinski definition) is 4. The first-order valence-electron chi connectivity index (χ1n) is 3.63. The van der Waals surface area contributed by atoms with Gasteiger partial charge in [0.1, 0.15) is 0 Å². The van der Waals surface area contributed by atoms with Crippen LogP contribution in [-0.4, -0.2) is 17.3 Å². The number of ketones is 1. The summed E-state index contributed by atoms with van der Waals surface area (Å²) >= 11 is 0. The number of nitro benzene ring substituents is 1. The van der Waals surface area contributed by atoms with Crippen molar-refractivity contribution in [2.45, 2.75) is 0 Å². The summed E-state index contributed by atoms with van der Waals surface area (Å²) in [6.45, 7) is -0.217. The van der Waals surface area contributed by atoms with Crippen molar-refractivity contribution in [3.8, 4) is 0 Å². The number of carbonyl (C=O) groups is 1. The molecule has 0 saturated heterocycles. The van der Waals surface area contributed by atoms with Crippen molar-refractivity contribution in [3.05, 3.63) is 39.9 Å². The fraction of sp³-hybridized carbons (Fsp3) is 0.125. The van der Waals surface area contributed by atoms with Gasteiger partial charge in [-0.05, 0) is 6.07 Å². The van der Waals surface area contributed by atoms with Crippen LogP contribution in [0, 0.1) is 10.1 Å². The highest BCUT2D eigenvalue weighted by Crippen LogP contribution is 2.17. The predicted molar refractivity (Wildman–Crippen MR) is 46.5 cm³/mol. The molecule has 13 heavy (non-hydrogen) atoms. The van der Waals surface area contributed by atoms with Crippen LogP contribution >= 0.6 is 0 Å². The maximum atomic E-state index is 11.1. The molecule has 5 heteroatoms. The van der Waals surface area contributed by atoms with Gasteiger partial charge < -0.3 is 5.73 Å². The molecule has 0 aliphatic rings. The van der Waals surface area contributed by atoms with Gasteiger partial charge in [-0.3, -0.25) is 14.9 Å². The second-order valence-corrected chi connectivity index (χ2v) is 2.40. The van der Waals surface area contributed by atoms with E-state index in [4.69, 9.17) is 5.73 Å². The van der Waals surface area contributed by atoms with E-state index in [-0.39, 0.29) is 17.8 Å². The van der Waals surface area contributed by atoms with Gasteiger partial charge in [0.05, 0.1) is 17.0 Å². The molecule has 0 radical (unpaired) electrons. The van der Waals surface area contributed by atoms with Gasteiger partial charge in [-0.25, -0.2) is 0 Å². The lowest BCUT2D eigenvalue weighted by Gasteiger charge is -1.98. The van der Waals surface area contributed by atoms with Gasteiger partial charge in [-0.2, -0.15) is 0 Å². The number of nitrogens with zero attached hydrogens (tertiary/aromatic N) is 1. The van der Waals surface area contributed by atoms with Crippen LogP contribution in [0.4, 0.5) is 5.69 Å². The van der Waals surface area contributed by atoms with Gasteiger partial charge in [0.25, 0.3) is 5.69 Å². The zero-order valence-electron chi connectivity index (χ0n) is 6.77. The number of benzene rings is 1. The Hall–Kier alpha value is -1.75. The molecular formula is C8H8N2O3. The van der Waals surface area contributed by atoms with Crippen molar-refractivity contribution >= 4 is 11.5 Å². The Labute approximate surface area is 74.3 Å². The van der Waals surface area contributed by atoms with E-state index in [0.717, 1.165) is 0 Å². The molecule has 0 heterocycles. The minimum absolute atomic E-state index is 0.0648. The molecular weight excluding hydrogens is 172 g/mol. The van der Waals surface area contributed by atoms with Crippen molar-refractivity contribution in [2.24, 2.45) is 5.73 Å². The normalized spacial score (nSPS) is 9.62. The van der Waals surface area contributed by atoms with Crippen LogP contribution in [0.15, 0.2) is 24.3 Å². The first-order chi connectivity index (χ1) is 6.16. The highest BCUT2D eigenvalue weighted by molar-refractivity contribution is 6.00. The molecule has 1 rings (SSSR count). The standard InChI is InChI=1S/C8H8N2O3/c9-5-8(11)6-3-1-2-4-7(6)10(12)13/h1-4H,5,9H2. The monoisotopic (exact) mass is 180 g/mol. The van der Waals surface area contributed by atoms with Crippen LogP contribution in [0.5, 0.6) is 0 Å². The summed E-state index contributed by atoms with van der Waals surface area (Å²) in [6, 6.07) is 5.75. The summed E-state index contributed by atoms with van der Waals surface area (Å²) in [5, 5.41) is 10.5. The molecule has 0 bridgehead atoms. The van der Waals surface area contributed by atoms with Crippen molar-refractivity contribution in [2.75, 3.05) is 6.54 Å². The molecule has 0 aromatic heterocycles. The molecule has 0 saturated carbocycles. The van der Waals surface area contributed by atoms with Gasteiger partial charge >= 0.3 is 0 Å². The fourth-order valence-corrected chi connectivity index (χ4v) is 0.979. The van der Waals surface area contributed by atoms with E-state index >= 15 is 0 Å². The molecule has 0 unspecified atom stereocenters. The number of Topliss-reactive ketones (excluding diaryl/α,β-unsaturated/α-hetero) is 1. The molecule has 1 aromatic rings. The Kier molecular flexibility index (Phi) is 2.71. The second kappa shape index (κ2) is 3.77. The maximum Gasteiger partial charge on any atom is 0.280 e. The van der Waals surface area contributed by atoms with Gasteiger partial charge in [-0.1, -0.05) is 12.1 Å². The molecule has 1 aromatic carbocycles. The highest BCUT2D eigenvalue weighted by atomic mass is 16.6. The van der Waals surface area contributed by atoms with E-state index in [1.807, 2.05) is 0 Å². The number of nitrogens with two attached hydrogens (primary N) is 1. The third-order valence-corrected chi connectivity index (χ3v) is 1.59. The zero-order chi connectivity index (χ0) is 9.84. The second-order valence-electron chi connectivity index (χ2n) is 2.40. The third-order valence-electron chi connectivity index (χ3n) is 1.59. The Bertz CT molecular complexity index is 349. The van der Waals surface area contributed by atoms with Crippen LogP contribution in [-0.2, 0) is 0 Å². The average Bonchev–Trinajstić information content (AvgIpc) is 2.16. The van der Waals surface area contributed by atoms with Crippen LogP contribution in [0.25, 0.3) is 0 Å². The Morgan fingerprint density at radius 2 is 2.08 bits per heavy atom. The van der Waals surface area contributed by atoms with Crippen LogP contribution < -0.4 is 5.73 Å². The quantitative estimate of drug-likeness (QED) is 0.422. The van der Waals surface area contributed by atoms with E-state index in [0.29, 0.717) is 0 Å². The molecule has 68 valence electrons. The molecule has 0 spiro atoms. The first-order valence-corrected chi connectivity index (χ1v) is 3.63. The van der Waals surface area contributed by atoms with Gasteiger partial charge in [0.15, 0.2) is 5.78 Å². The maximum absolute atomic E-state index is 11.1. The molecule has 0 aliphatic heterocycles. The lowest BCUT2D eigenvalue weighted by molar-refractivity contribution is -0.385. The van der Waals surface area contributed by atoms with Crippen LogP contribution in [0.2, 0.25) is 0 Å². The minimum Gasteiger partial charge on any atom is -0.324 e. The largest absolute Gasteiger partial charge is 0.324 e. The van der Waals surface area contributed by atoms with Crippen molar-refractivity contribution < 1.29 is 9.72 Å². The van der Waals surface area contributed by atoms with Crippen LogP contribution in [0.3, 0.4) is 0 Å². The summed E-state index contributed by atoms with van der Waals surface area (Å²) in [5.41, 5.74) is 4.97. The third kappa shape index (κ3) is 1.88. The van der Waals surface area contributed by atoms with Crippen molar-refractivity contribution in [3.63, 3.8) is 0 Å². The lowest BCUT2D eigenvalue weighted by atomic mass is 10.1. The van der Waals surface area contributed by atoms with Gasteiger partial charge in [0.2, 0.25) is 0 Å². The first kappa shape index (κ1) is 9.34. The Morgan fingerprint density at radius 3 is 2.62 bits per heavy atom. The Balaban J connectivity index is 3.19. The molecule has 0 atom stereocenters. The minimum atomic E-state index is -0.594. The van der Waals surface area contributed by atoms with E-state index < -0.39 is 10.7 Å². The van der Waals surface area contributed by atoms with Crippen molar-refractivity contribution in [1.29, 1.82) is 0 Å². The molecule has 5 nitrogen and oxygen atoms in total. The van der Waals surface area contributed by atoms with E-state index in [9.17, 15) is 14.9 Å². The highest BCUT2D eigenvalue weighted by Gasteiger charge is 2.17. The molecule has 0 amide bonds. The summed E-state index contributed by atoms with van der Waals surface area (Å²) in [4.78, 5) is 21.0. The lowest BCUT2D eigenvalue weighted by Crippen LogP contribution is -2.14. The number of para-hydroxylation sites is 1. The summed E-state index contributed by atoms with van der Waals surface area (Å²) in [5.74, 6) is -0.424. The number of rotatable bonds is 3. The van der Waals surface area contributed by atoms with E-state index in [2.05, 4.69) is 0 Å².